The van der Waals surface area contributed by atoms with Crippen LogP contribution in [0.2, 0.25) is 20.1 Å². The fraction of sp³-hybridized carbons (Fsp3) is 0.125. The van der Waals surface area contributed by atoms with E-state index in [0.717, 1.165) is 0 Å². The number of hydrogen-bond donors (Lipinski definition) is 1. The van der Waals surface area contributed by atoms with Crippen LogP contribution >= 0.6 is 46.4 Å². The van der Waals surface area contributed by atoms with Gasteiger partial charge in [0.05, 0.1) is 28.4 Å². The van der Waals surface area contributed by atoms with E-state index in [0.29, 0.717) is 33.7 Å². The van der Waals surface area contributed by atoms with Crippen molar-refractivity contribution >= 4 is 64.5 Å². The van der Waals surface area contributed by atoms with Crippen LogP contribution in [0.3, 0.4) is 0 Å². The molecule has 11 heteroatoms. The van der Waals surface area contributed by atoms with Crippen molar-refractivity contribution in [3.8, 4) is 17.2 Å². The molecule has 0 unspecified atom stereocenters. The van der Waals surface area contributed by atoms with E-state index in [9.17, 15) is 9.59 Å². The van der Waals surface area contributed by atoms with Crippen LogP contribution in [-0.4, -0.2) is 31.3 Å². The quantitative estimate of drug-likeness (QED) is 0.142. The highest BCUT2D eigenvalue weighted by molar-refractivity contribution is 6.36. The molecular formula is C24H18Cl4N2O5. The normalized spacial score (nSPS) is 10.8. The average molecular weight is 556 g/mol. The number of benzene rings is 3. The lowest BCUT2D eigenvalue weighted by Crippen LogP contribution is -2.24. The molecule has 0 radical (unpaired) electrons. The lowest BCUT2D eigenvalue weighted by molar-refractivity contribution is -0.123. The first-order valence-electron chi connectivity index (χ1n) is 10.1. The number of nitrogens with zero attached hydrogens (tertiary/aromatic N) is 1. The second kappa shape index (κ2) is 12.7. The first-order valence-corrected chi connectivity index (χ1v) is 11.6. The number of halogens is 4. The molecule has 0 aliphatic rings. The third-order valence-electron chi connectivity index (χ3n) is 4.28. The third kappa shape index (κ3) is 7.77. The zero-order valence-electron chi connectivity index (χ0n) is 18.2. The summed E-state index contributed by atoms with van der Waals surface area (Å²) in [5.74, 6) is -0.342. The van der Waals surface area contributed by atoms with Crippen LogP contribution in [0.4, 0.5) is 0 Å². The number of carbonyl (C=O) groups is 2. The number of carbonyl (C=O) groups excluding carboxylic acids is 2. The summed E-state index contributed by atoms with van der Waals surface area (Å²) in [6.07, 6.45) is 1.40. The Kier molecular flexibility index (Phi) is 9.63. The summed E-state index contributed by atoms with van der Waals surface area (Å²) < 4.78 is 16.4. The number of esters is 1. The molecule has 0 aliphatic carbocycles. The maximum absolute atomic E-state index is 12.5. The van der Waals surface area contributed by atoms with Gasteiger partial charge < -0.3 is 14.2 Å². The van der Waals surface area contributed by atoms with E-state index in [1.54, 1.807) is 37.3 Å². The molecule has 0 aliphatic heterocycles. The molecule has 7 nitrogen and oxygen atoms in total. The minimum atomic E-state index is -0.665. The van der Waals surface area contributed by atoms with Crippen molar-refractivity contribution in [3.05, 3.63) is 85.8 Å². The first-order chi connectivity index (χ1) is 16.8. The van der Waals surface area contributed by atoms with Crippen LogP contribution in [0.1, 0.15) is 22.8 Å². The van der Waals surface area contributed by atoms with Crippen LogP contribution in [0.15, 0.2) is 59.7 Å². The summed E-state index contributed by atoms with van der Waals surface area (Å²) >= 11 is 23.8. The molecule has 182 valence electrons. The Balaban J connectivity index is 1.62. The first kappa shape index (κ1) is 26.6. The van der Waals surface area contributed by atoms with Gasteiger partial charge in [0.25, 0.3) is 5.91 Å². The highest BCUT2D eigenvalue weighted by Gasteiger charge is 2.16. The van der Waals surface area contributed by atoms with Crippen molar-refractivity contribution < 1.29 is 23.8 Å². The molecule has 3 aromatic rings. The Morgan fingerprint density at radius 1 is 0.857 bits per heavy atom. The summed E-state index contributed by atoms with van der Waals surface area (Å²) in [6, 6.07) is 13.9. The minimum Gasteiger partial charge on any atom is -0.490 e. The topological polar surface area (TPSA) is 86.2 Å². The molecule has 1 amide bonds. The predicted octanol–water partition coefficient (Wildman–Crippen LogP) is 6.45. The molecule has 0 spiro atoms. The van der Waals surface area contributed by atoms with Gasteiger partial charge in [0.15, 0.2) is 18.1 Å². The van der Waals surface area contributed by atoms with E-state index >= 15 is 0 Å². The van der Waals surface area contributed by atoms with Gasteiger partial charge in [-0.05, 0) is 67.1 Å². The molecule has 1 N–H and O–H groups in total. The average Bonchev–Trinajstić information content (AvgIpc) is 2.80. The number of hydrazone groups is 1. The van der Waals surface area contributed by atoms with Gasteiger partial charge >= 0.3 is 5.97 Å². The van der Waals surface area contributed by atoms with Crippen LogP contribution in [-0.2, 0) is 4.79 Å². The molecule has 0 saturated heterocycles. The standard InChI is InChI=1S/C24H18Cl4N2O5/c1-2-33-22-9-14(3-7-21(22)35-24(32)17-6-4-15(25)10-18(17)27)12-29-30-23(31)13-34-20-8-5-16(26)11-19(20)28/h3-12H,2,13H2,1H3,(H,30,31)/b29-12-. The number of hydrogen-bond acceptors (Lipinski definition) is 6. The SMILES string of the molecule is CCOc1cc(/C=N\NC(=O)COc2ccc(Cl)cc2Cl)ccc1OC(=O)c1ccc(Cl)cc1Cl. The molecular weight excluding hydrogens is 538 g/mol. The smallest absolute Gasteiger partial charge is 0.345 e. The molecule has 0 heterocycles. The van der Waals surface area contributed by atoms with E-state index in [4.69, 9.17) is 60.6 Å². The Labute approximate surface area is 221 Å². The van der Waals surface area contributed by atoms with Gasteiger partial charge in [0, 0.05) is 10.0 Å². The van der Waals surface area contributed by atoms with Crippen molar-refractivity contribution in [2.24, 2.45) is 5.10 Å². The lowest BCUT2D eigenvalue weighted by Gasteiger charge is -2.12. The molecule has 3 rings (SSSR count). The maximum Gasteiger partial charge on any atom is 0.345 e. The van der Waals surface area contributed by atoms with Gasteiger partial charge in [-0.15, -0.1) is 0 Å². The van der Waals surface area contributed by atoms with Crippen molar-refractivity contribution in [2.45, 2.75) is 6.92 Å². The van der Waals surface area contributed by atoms with Crippen molar-refractivity contribution in [3.63, 3.8) is 0 Å². The van der Waals surface area contributed by atoms with Crippen molar-refractivity contribution in [1.29, 1.82) is 0 Å². The molecule has 0 bridgehead atoms. The molecule has 35 heavy (non-hydrogen) atoms. The number of amides is 1. The van der Waals surface area contributed by atoms with E-state index in [1.807, 2.05) is 0 Å². The Morgan fingerprint density at radius 2 is 1.54 bits per heavy atom. The number of rotatable bonds is 9. The minimum absolute atomic E-state index is 0.161. The Bertz CT molecular complexity index is 1270. The fourth-order valence-corrected chi connectivity index (χ4v) is 3.66. The second-order valence-electron chi connectivity index (χ2n) is 6.81. The fourth-order valence-electron chi connectivity index (χ4n) is 2.71. The van der Waals surface area contributed by atoms with E-state index < -0.39 is 11.9 Å². The van der Waals surface area contributed by atoms with Crippen LogP contribution in [0, 0.1) is 0 Å². The molecule has 0 aromatic heterocycles. The highest BCUT2D eigenvalue weighted by Crippen LogP contribution is 2.30. The summed E-state index contributed by atoms with van der Waals surface area (Å²) in [5, 5.41) is 5.21. The van der Waals surface area contributed by atoms with E-state index in [2.05, 4.69) is 10.5 Å². The maximum atomic E-state index is 12.5. The predicted molar refractivity (Wildman–Crippen MR) is 137 cm³/mol. The molecule has 0 atom stereocenters. The van der Waals surface area contributed by atoms with Crippen LogP contribution in [0.5, 0.6) is 17.2 Å². The van der Waals surface area contributed by atoms with Crippen molar-refractivity contribution in [2.75, 3.05) is 13.2 Å². The van der Waals surface area contributed by atoms with Gasteiger partial charge in [-0.2, -0.15) is 5.10 Å². The molecule has 3 aromatic carbocycles. The highest BCUT2D eigenvalue weighted by atomic mass is 35.5. The monoisotopic (exact) mass is 554 g/mol. The zero-order chi connectivity index (χ0) is 25.4. The Hall–Kier alpha value is -2.97. The summed E-state index contributed by atoms with van der Waals surface area (Å²) in [7, 11) is 0. The summed E-state index contributed by atoms with van der Waals surface area (Å²) in [5.41, 5.74) is 3.09. The molecule has 0 fully saturated rings. The Morgan fingerprint density at radius 3 is 2.23 bits per heavy atom. The van der Waals surface area contributed by atoms with Crippen LogP contribution < -0.4 is 19.6 Å². The van der Waals surface area contributed by atoms with Gasteiger partial charge in [0.2, 0.25) is 0 Å². The zero-order valence-corrected chi connectivity index (χ0v) is 21.2. The third-order valence-corrected chi connectivity index (χ3v) is 5.36. The summed E-state index contributed by atoms with van der Waals surface area (Å²) in [6.45, 7) is 1.81. The van der Waals surface area contributed by atoms with Gasteiger partial charge in [-0.25, -0.2) is 10.2 Å². The van der Waals surface area contributed by atoms with Crippen molar-refractivity contribution in [1.82, 2.24) is 5.43 Å². The molecule has 0 saturated carbocycles. The van der Waals surface area contributed by atoms with Gasteiger partial charge in [0.1, 0.15) is 5.75 Å². The second-order valence-corrected chi connectivity index (χ2v) is 8.50. The lowest BCUT2D eigenvalue weighted by atomic mass is 10.2. The van der Waals surface area contributed by atoms with E-state index in [1.165, 1.54) is 30.5 Å². The number of ether oxygens (including phenoxy) is 3. The largest absolute Gasteiger partial charge is 0.490 e. The van der Waals surface area contributed by atoms with Gasteiger partial charge in [-0.3, -0.25) is 4.79 Å². The van der Waals surface area contributed by atoms with Gasteiger partial charge in [-0.1, -0.05) is 46.4 Å². The van der Waals surface area contributed by atoms with Crippen LogP contribution in [0.25, 0.3) is 0 Å². The summed E-state index contributed by atoms with van der Waals surface area (Å²) in [4.78, 5) is 24.5. The van der Waals surface area contributed by atoms with E-state index in [-0.39, 0.29) is 28.0 Å². The number of nitrogens with one attached hydrogen (secondary N) is 1.